The zero-order valence-corrected chi connectivity index (χ0v) is 9.15. The Labute approximate surface area is 89.7 Å². The molecule has 15 heavy (non-hydrogen) atoms. The molecule has 1 aliphatic rings. The van der Waals surface area contributed by atoms with Crippen LogP contribution in [0.25, 0.3) is 0 Å². The largest absolute Gasteiger partial charge is 0.303 e. The Morgan fingerprint density at radius 1 is 1.47 bits per heavy atom. The average molecular weight is 207 g/mol. The number of carbonyl (C=O) groups excluding carboxylic acids is 1. The van der Waals surface area contributed by atoms with E-state index in [0.717, 1.165) is 31.2 Å². The van der Waals surface area contributed by atoms with Crippen molar-refractivity contribution in [2.24, 2.45) is 12.5 Å². The fourth-order valence-electron chi connectivity index (χ4n) is 2.42. The maximum Gasteiger partial charge on any atom is 0.126 e. The Kier molecular flexibility index (Phi) is 2.84. The van der Waals surface area contributed by atoms with Gasteiger partial charge in [-0.25, -0.2) is 0 Å². The van der Waals surface area contributed by atoms with E-state index < -0.39 is 0 Å². The lowest BCUT2D eigenvalue weighted by molar-refractivity contribution is -0.117. The summed E-state index contributed by atoms with van der Waals surface area (Å²) in [6.07, 6.45) is 9.26. The van der Waals surface area contributed by atoms with Crippen molar-refractivity contribution in [3.63, 3.8) is 0 Å². The van der Waals surface area contributed by atoms with Crippen LogP contribution >= 0.6 is 0 Å². The SMILES string of the molecule is Cn1ncc(CC2(C=O)CCCCC2)n1. The minimum Gasteiger partial charge on any atom is -0.303 e. The summed E-state index contributed by atoms with van der Waals surface area (Å²) in [5.74, 6) is 0. The monoisotopic (exact) mass is 207 g/mol. The van der Waals surface area contributed by atoms with Gasteiger partial charge in [-0.2, -0.15) is 15.0 Å². The van der Waals surface area contributed by atoms with Gasteiger partial charge in [-0.3, -0.25) is 0 Å². The van der Waals surface area contributed by atoms with Gasteiger partial charge < -0.3 is 4.79 Å². The number of hydrogen-bond donors (Lipinski definition) is 0. The Hall–Kier alpha value is -1.19. The number of aryl methyl sites for hydroxylation is 1. The first-order chi connectivity index (χ1) is 7.24. The van der Waals surface area contributed by atoms with Crippen molar-refractivity contribution in [1.29, 1.82) is 0 Å². The van der Waals surface area contributed by atoms with E-state index in [1.807, 2.05) is 0 Å². The maximum atomic E-state index is 11.2. The van der Waals surface area contributed by atoms with Crippen LogP contribution in [-0.2, 0) is 18.3 Å². The zero-order chi connectivity index (χ0) is 10.7. The summed E-state index contributed by atoms with van der Waals surface area (Å²) in [6, 6.07) is 0. The van der Waals surface area contributed by atoms with Crippen molar-refractivity contribution in [2.45, 2.75) is 38.5 Å². The Morgan fingerprint density at radius 3 is 2.73 bits per heavy atom. The second-order valence-corrected chi connectivity index (χ2v) is 4.54. The van der Waals surface area contributed by atoms with Gasteiger partial charge in [0.25, 0.3) is 0 Å². The van der Waals surface area contributed by atoms with Gasteiger partial charge in [0.05, 0.1) is 11.9 Å². The van der Waals surface area contributed by atoms with Gasteiger partial charge in [0.2, 0.25) is 0 Å². The molecule has 0 aliphatic heterocycles. The molecule has 82 valence electrons. The standard InChI is InChI=1S/C11H17N3O/c1-14-12-8-10(13-14)7-11(9-15)5-3-2-4-6-11/h8-9H,2-7H2,1H3. The molecule has 0 spiro atoms. The van der Waals surface area contributed by atoms with Gasteiger partial charge in [0.15, 0.2) is 0 Å². The summed E-state index contributed by atoms with van der Waals surface area (Å²) in [7, 11) is 1.80. The van der Waals surface area contributed by atoms with E-state index in [0.29, 0.717) is 0 Å². The van der Waals surface area contributed by atoms with E-state index in [2.05, 4.69) is 10.2 Å². The van der Waals surface area contributed by atoms with Crippen molar-refractivity contribution in [2.75, 3.05) is 0 Å². The predicted molar refractivity (Wildman–Crippen MR) is 56.3 cm³/mol. The molecular formula is C11H17N3O. The van der Waals surface area contributed by atoms with E-state index in [1.54, 1.807) is 18.0 Å². The average Bonchev–Trinajstić information content (AvgIpc) is 2.65. The lowest BCUT2D eigenvalue weighted by Gasteiger charge is -2.31. The van der Waals surface area contributed by atoms with E-state index in [-0.39, 0.29) is 5.41 Å². The first-order valence-electron chi connectivity index (χ1n) is 5.56. The summed E-state index contributed by atoms with van der Waals surface area (Å²) in [5.41, 5.74) is 0.778. The van der Waals surface area contributed by atoms with Gasteiger partial charge in [0, 0.05) is 18.9 Å². The minimum atomic E-state index is -0.158. The van der Waals surface area contributed by atoms with Crippen LogP contribution in [0.5, 0.6) is 0 Å². The summed E-state index contributed by atoms with van der Waals surface area (Å²) < 4.78 is 0. The fourth-order valence-corrected chi connectivity index (χ4v) is 2.42. The van der Waals surface area contributed by atoms with Crippen molar-refractivity contribution >= 4 is 6.29 Å². The molecule has 1 aromatic rings. The van der Waals surface area contributed by atoms with Crippen LogP contribution in [0.4, 0.5) is 0 Å². The quantitative estimate of drug-likeness (QED) is 0.706. The zero-order valence-electron chi connectivity index (χ0n) is 9.15. The lowest BCUT2D eigenvalue weighted by atomic mass is 9.72. The van der Waals surface area contributed by atoms with E-state index in [1.165, 1.54) is 19.3 Å². The maximum absolute atomic E-state index is 11.2. The van der Waals surface area contributed by atoms with E-state index >= 15 is 0 Å². The summed E-state index contributed by atoms with van der Waals surface area (Å²) in [4.78, 5) is 12.8. The minimum absolute atomic E-state index is 0.158. The smallest absolute Gasteiger partial charge is 0.126 e. The highest BCUT2D eigenvalue weighted by molar-refractivity contribution is 5.60. The van der Waals surface area contributed by atoms with Crippen LogP contribution in [0.3, 0.4) is 0 Å². The van der Waals surface area contributed by atoms with Crippen LogP contribution in [0, 0.1) is 5.41 Å². The number of hydrogen-bond acceptors (Lipinski definition) is 3. The van der Waals surface area contributed by atoms with Gasteiger partial charge >= 0.3 is 0 Å². The van der Waals surface area contributed by atoms with Crippen LogP contribution < -0.4 is 0 Å². The fraction of sp³-hybridized carbons (Fsp3) is 0.727. The highest BCUT2D eigenvalue weighted by Gasteiger charge is 2.32. The van der Waals surface area contributed by atoms with Crippen molar-refractivity contribution < 1.29 is 4.79 Å². The Morgan fingerprint density at radius 2 is 2.20 bits per heavy atom. The summed E-state index contributed by atoms with van der Waals surface area (Å²) >= 11 is 0. The highest BCUT2D eigenvalue weighted by Crippen LogP contribution is 2.36. The van der Waals surface area contributed by atoms with Crippen LogP contribution in [-0.4, -0.2) is 21.3 Å². The molecule has 1 fully saturated rings. The van der Waals surface area contributed by atoms with Crippen molar-refractivity contribution in [1.82, 2.24) is 15.0 Å². The highest BCUT2D eigenvalue weighted by atomic mass is 16.1. The normalized spacial score (nSPS) is 20.1. The number of aldehydes is 1. The summed E-state index contributed by atoms with van der Waals surface area (Å²) in [5, 5.41) is 8.28. The predicted octanol–water partition coefficient (Wildman–Crippen LogP) is 1.51. The Balaban J connectivity index is 2.10. The molecule has 1 heterocycles. The van der Waals surface area contributed by atoms with Crippen molar-refractivity contribution in [3.05, 3.63) is 11.9 Å². The molecule has 0 saturated heterocycles. The molecule has 1 aliphatic carbocycles. The third-order valence-electron chi connectivity index (χ3n) is 3.28. The second kappa shape index (κ2) is 4.13. The molecule has 0 N–H and O–H groups in total. The van der Waals surface area contributed by atoms with Gasteiger partial charge in [0.1, 0.15) is 6.29 Å². The molecule has 4 heteroatoms. The van der Waals surface area contributed by atoms with Crippen LogP contribution in [0.2, 0.25) is 0 Å². The number of carbonyl (C=O) groups is 1. The van der Waals surface area contributed by atoms with E-state index in [9.17, 15) is 4.79 Å². The first-order valence-corrected chi connectivity index (χ1v) is 5.56. The second-order valence-electron chi connectivity index (χ2n) is 4.54. The summed E-state index contributed by atoms with van der Waals surface area (Å²) in [6.45, 7) is 0. The van der Waals surface area contributed by atoms with Crippen molar-refractivity contribution in [3.8, 4) is 0 Å². The van der Waals surface area contributed by atoms with Gasteiger partial charge in [-0.1, -0.05) is 19.3 Å². The lowest BCUT2D eigenvalue weighted by Crippen LogP contribution is -2.28. The first kappa shape index (κ1) is 10.3. The third kappa shape index (κ3) is 2.25. The number of aromatic nitrogens is 3. The number of rotatable bonds is 3. The van der Waals surface area contributed by atoms with Gasteiger partial charge in [-0.15, -0.1) is 0 Å². The molecule has 0 radical (unpaired) electrons. The van der Waals surface area contributed by atoms with Gasteiger partial charge in [-0.05, 0) is 12.8 Å². The molecule has 0 unspecified atom stereocenters. The molecule has 1 saturated carbocycles. The molecule has 0 amide bonds. The van der Waals surface area contributed by atoms with E-state index in [4.69, 9.17) is 0 Å². The number of nitrogens with zero attached hydrogens (tertiary/aromatic N) is 3. The molecular weight excluding hydrogens is 190 g/mol. The molecule has 0 bridgehead atoms. The third-order valence-corrected chi connectivity index (χ3v) is 3.28. The van der Waals surface area contributed by atoms with Crippen LogP contribution in [0.1, 0.15) is 37.8 Å². The molecule has 4 nitrogen and oxygen atoms in total. The molecule has 0 aromatic carbocycles. The Bertz CT molecular complexity index is 339. The van der Waals surface area contributed by atoms with Crippen LogP contribution in [0.15, 0.2) is 6.20 Å². The molecule has 0 atom stereocenters. The molecule has 2 rings (SSSR count). The topological polar surface area (TPSA) is 47.8 Å². The molecule has 1 aromatic heterocycles.